The van der Waals surface area contributed by atoms with E-state index in [1.807, 2.05) is 0 Å². The molecule has 1 heterocycles. The molecule has 1 aliphatic rings. The van der Waals surface area contributed by atoms with Gasteiger partial charge in [0.1, 0.15) is 0 Å². The van der Waals surface area contributed by atoms with Gasteiger partial charge in [0.2, 0.25) is 5.92 Å². The van der Waals surface area contributed by atoms with Crippen LogP contribution in [0, 0.1) is 0 Å². The first-order valence-electron chi connectivity index (χ1n) is 5.66. The Morgan fingerprint density at radius 1 is 1.19 bits per heavy atom. The van der Waals surface area contributed by atoms with Gasteiger partial charge in [0.25, 0.3) is 0 Å². The van der Waals surface area contributed by atoms with E-state index in [9.17, 15) is 31.1 Å². The van der Waals surface area contributed by atoms with Crippen LogP contribution in [0.25, 0.3) is 0 Å². The molecule has 12 heteroatoms. The first kappa shape index (κ1) is 15.5. The molecule has 1 aliphatic carbocycles. The summed E-state index contributed by atoms with van der Waals surface area (Å²) >= 11 is 0. The molecule has 0 spiro atoms. The third-order valence-electron chi connectivity index (χ3n) is 3.39. The highest BCUT2D eigenvalue weighted by Crippen LogP contribution is 2.48. The van der Waals surface area contributed by atoms with Gasteiger partial charge in [-0.3, -0.25) is 0 Å². The molecule has 1 aromatic rings. The molecule has 0 atom stereocenters. The summed E-state index contributed by atoms with van der Waals surface area (Å²) in [5.74, 6) is -7.06. The van der Waals surface area contributed by atoms with Gasteiger partial charge >= 0.3 is 18.3 Å². The van der Waals surface area contributed by atoms with Crippen molar-refractivity contribution in [2.45, 2.75) is 43.1 Å². The number of tetrazole rings is 1. The minimum atomic E-state index is -5.69. The van der Waals surface area contributed by atoms with E-state index in [4.69, 9.17) is 5.11 Å². The fourth-order valence-electron chi connectivity index (χ4n) is 2.19. The Hall–Kier alpha value is -1.88. The quantitative estimate of drug-likeness (QED) is 0.860. The lowest BCUT2D eigenvalue weighted by Crippen LogP contribution is -2.51. The number of carboxylic acids is 1. The van der Waals surface area contributed by atoms with Crippen molar-refractivity contribution in [2.75, 3.05) is 0 Å². The Bertz CT molecular complexity index is 533. The third kappa shape index (κ3) is 2.42. The zero-order valence-corrected chi connectivity index (χ0v) is 10.1. The number of aliphatic carboxylic acids is 1. The van der Waals surface area contributed by atoms with Gasteiger partial charge in [-0.05, 0) is 29.7 Å². The largest absolute Gasteiger partial charge is 0.479 e. The molecule has 0 amide bonds. The van der Waals surface area contributed by atoms with E-state index in [2.05, 4.69) is 15.5 Å². The molecule has 0 saturated heterocycles. The van der Waals surface area contributed by atoms with Crippen LogP contribution in [-0.4, -0.2) is 43.6 Å². The van der Waals surface area contributed by atoms with Crippen LogP contribution in [-0.2, 0) is 10.3 Å². The zero-order chi connectivity index (χ0) is 16.1. The van der Waals surface area contributed by atoms with Crippen LogP contribution in [0.5, 0.6) is 0 Å². The first-order valence-corrected chi connectivity index (χ1v) is 5.66. The van der Waals surface area contributed by atoms with E-state index >= 15 is 0 Å². The summed E-state index contributed by atoms with van der Waals surface area (Å²) in [5.41, 5.74) is -1.95. The number of nitrogens with zero attached hydrogens (tertiary/aromatic N) is 4. The van der Waals surface area contributed by atoms with Crippen molar-refractivity contribution in [3.05, 3.63) is 5.82 Å². The van der Waals surface area contributed by atoms with E-state index in [0.717, 1.165) is 0 Å². The highest BCUT2D eigenvalue weighted by Gasteiger charge is 2.62. The first-order chi connectivity index (χ1) is 9.50. The number of halogens is 6. The van der Waals surface area contributed by atoms with E-state index in [1.165, 1.54) is 0 Å². The maximum Gasteiger partial charge on any atom is 0.407 e. The standard InChI is InChI=1S/C9H8F6N4O2/c10-8(11,12)4(9(13,14)15)5-16-17-18-19(5)7(6(20)21)2-1-3-7/h4H,1-3H2,(H,20,21). The Labute approximate surface area is 112 Å². The third-order valence-corrected chi connectivity index (χ3v) is 3.39. The number of hydrogen-bond acceptors (Lipinski definition) is 4. The fraction of sp³-hybridized carbons (Fsp3) is 0.778. The maximum absolute atomic E-state index is 12.7. The van der Waals surface area contributed by atoms with Gasteiger partial charge in [0, 0.05) is 0 Å². The fourth-order valence-corrected chi connectivity index (χ4v) is 2.19. The predicted octanol–water partition coefficient (Wildman–Crippen LogP) is 1.85. The molecule has 1 aromatic heterocycles. The Morgan fingerprint density at radius 3 is 2.05 bits per heavy atom. The van der Waals surface area contributed by atoms with E-state index < -0.39 is 35.6 Å². The number of hydrogen-bond donors (Lipinski definition) is 1. The number of carbonyl (C=O) groups is 1. The monoisotopic (exact) mass is 318 g/mol. The molecular formula is C9H8F6N4O2. The predicted molar refractivity (Wildman–Crippen MR) is 52.1 cm³/mol. The molecule has 0 unspecified atom stereocenters. The van der Waals surface area contributed by atoms with Gasteiger partial charge < -0.3 is 5.11 Å². The van der Waals surface area contributed by atoms with Crippen molar-refractivity contribution in [2.24, 2.45) is 0 Å². The minimum Gasteiger partial charge on any atom is -0.479 e. The van der Waals surface area contributed by atoms with E-state index in [0.29, 0.717) is 6.42 Å². The molecule has 1 saturated carbocycles. The Kier molecular flexibility index (Phi) is 3.37. The second-order valence-corrected chi connectivity index (χ2v) is 4.66. The van der Waals surface area contributed by atoms with Crippen LogP contribution >= 0.6 is 0 Å². The lowest BCUT2D eigenvalue weighted by atomic mass is 9.76. The molecule has 1 N–H and O–H groups in total. The van der Waals surface area contributed by atoms with Gasteiger partial charge in [-0.2, -0.15) is 26.3 Å². The SMILES string of the molecule is O=C(O)C1(n2nnnc2C(C(F)(F)F)C(F)(F)F)CCC1. The average molecular weight is 318 g/mol. The Morgan fingerprint density at radius 2 is 1.71 bits per heavy atom. The maximum atomic E-state index is 12.7. The summed E-state index contributed by atoms with van der Waals surface area (Å²) in [6.45, 7) is 0. The lowest BCUT2D eigenvalue weighted by Gasteiger charge is -2.38. The lowest BCUT2D eigenvalue weighted by molar-refractivity contribution is -0.257. The number of aromatic nitrogens is 4. The van der Waals surface area contributed by atoms with Gasteiger partial charge in [-0.1, -0.05) is 0 Å². The summed E-state index contributed by atoms with van der Waals surface area (Å²) in [4.78, 5) is 11.2. The molecular weight excluding hydrogens is 310 g/mol. The van der Waals surface area contributed by atoms with Gasteiger partial charge in [-0.15, -0.1) is 5.10 Å². The number of rotatable bonds is 3. The molecule has 2 rings (SSSR count). The smallest absolute Gasteiger partial charge is 0.407 e. The normalized spacial score (nSPS) is 18.6. The zero-order valence-electron chi connectivity index (χ0n) is 10.1. The van der Waals surface area contributed by atoms with Crippen molar-refractivity contribution in [3.8, 4) is 0 Å². The minimum absolute atomic E-state index is 0.136. The molecule has 0 aromatic carbocycles. The highest BCUT2D eigenvalue weighted by atomic mass is 19.4. The van der Waals surface area contributed by atoms with Crippen LogP contribution in [0.3, 0.4) is 0 Å². The van der Waals surface area contributed by atoms with Crippen molar-refractivity contribution in [1.82, 2.24) is 20.2 Å². The molecule has 21 heavy (non-hydrogen) atoms. The van der Waals surface area contributed by atoms with Crippen LogP contribution in [0.2, 0.25) is 0 Å². The molecule has 0 bridgehead atoms. The summed E-state index contributed by atoms with van der Waals surface area (Å²) in [5, 5.41) is 17.7. The summed E-state index contributed by atoms with van der Waals surface area (Å²) in [6, 6.07) is 0. The average Bonchev–Trinajstić information content (AvgIpc) is 2.59. The topological polar surface area (TPSA) is 80.9 Å². The molecule has 6 nitrogen and oxygen atoms in total. The van der Waals surface area contributed by atoms with Crippen LogP contribution in [0.15, 0.2) is 0 Å². The van der Waals surface area contributed by atoms with Crippen molar-refractivity contribution in [1.29, 1.82) is 0 Å². The summed E-state index contributed by atoms with van der Waals surface area (Å²) < 4.78 is 76.3. The molecule has 0 aliphatic heterocycles. The van der Waals surface area contributed by atoms with Gasteiger partial charge in [-0.25, -0.2) is 9.48 Å². The van der Waals surface area contributed by atoms with E-state index in [-0.39, 0.29) is 17.5 Å². The number of alkyl halides is 6. The second kappa shape index (κ2) is 4.56. The van der Waals surface area contributed by atoms with Crippen LogP contribution in [0.4, 0.5) is 26.3 Å². The Balaban J connectivity index is 2.55. The van der Waals surface area contributed by atoms with Crippen LogP contribution < -0.4 is 0 Å². The number of carboxylic acid groups (broad SMARTS) is 1. The summed E-state index contributed by atoms with van der Waals surface area (Å²) in [7, 11) is 0. The van der Waals surface area contributed by atoms with Crippen molar-refractivity contribution < 1.29 is 36.2 Å². The van der Waals surface area contributed by atoms with Crippen LogP contribution in [0.1, 0.15) is 31.0 Å². The van der Waals surface area contributed by atoms with E-state index in [1.54, 1.807) is 0 Å². The highest BCUT2D eigenvalue weighted by molar-refractivity contribution is 5.77. The van der Waals surface area contributed by atoms with Crippen molar-refractivity contribution in [3.63, 3.8) is 0 Å². The molecule has 118 valence electrons. The second-order valence-electron chi connectivity index (χ2n) is 4.66. The molecule has 1 fully saturated rings. The van der Waals surface area contributed by atoms with Gasteiger partial charge in [0.15, 0.2) is 11.4 Å². The summed E-state index contributed by atoms with van der Waals surface area (Å²) in [6.07, 6.45) is -11.3. The van der Waals surface area contributed by atoms with Crippen molar-refractivity contribution >= 4 is 5.97 Å². The van der Waals surface area contributed by atoms with Gasteiger partial charge in [0.05, 0.1) is 0 Å². The molecule has 0 radical (unpaired) electrons.